The van der Waals surface area contributed by atoms with Crippen molar-refractivity contribution in [3.05, 3.63) is 30.3 Å². The Kier molecular flexibility index (Phi) is 3.26. The molecule has 0 heterocycles. The van der Waals surface area contributed by atoms with Crippen LogP contribution in [0.15, 0.2) is 24.3 Å². The number of rotatable bonds is 3. The van der Waals surface area contributed by atoms with Gasteiger partial charge in [-0.05, 0) is 18.2 Å². The molecular weight excluding hydrogens is 257 g/mol. The van der Waals surface area contributed by atoms with Crippen LogP contribution in [-0.2, 0) is 0 Å². The fourth-order valence-corrected chi connectivity index (χ4v) is 0.817. The molecule has 0 aliphatic carbocycles. The average Bonchev–Trinajstić information content (AvgIpc) is 2.16. The van der Waals surface area contributed by atoms with Crippen molar-refractivity contribution in [2.75, 3.05) is 0 Å². The van der Waals surface area contributed by atoms with Crippen LogP contribution in [0.25, 0.3) is 0 Å². The summed E-state index contributed by atoms with van der Waals surface area (Å²) in [6.45, 7) is 0. The van der Waals surface area contributed by atoms with Crippen LogP contribution in [-0.4, -0.2) is 18.2 Å². The van der Waals surface area contributed by atoms with Gasteiger partial charge in [0.15, 0.2) is 0 Å². The third-order valence-corrected chi connectivity index (χ3v) is 1.66. The summed E-state index contributed by atoms with van der Waals surface area (Å²) in [5.74, 6) is -7.10. The van der Waals surface area contributed by atoms with Gasteiger partial charge in [0.1, 0.15) is 5.75 Å². The Balaban J connectivity index is 2.96. The van der Waals surface area contributed by atoms with E-state index >= 15 is 0 Å². The predicted octanol–water partition coefficient (Wildman–Crippen LogP) is 3.66. The molecule has 0 spiro atoms. The summed E-state index contributed by atoms with van der Waals surface area (Å²) in [4.78, 5) is 0. The van der Waals surface area contributed by atoms with Crippen LogP contribution < -0.4 is 4.74 Å². The topological polar surface area (TPSA) is 9.23 Å². The largest absolute Gasteiger partial charge is 0.474 e. The standard InChI is InChI=1S/C9H4F7O/c10-7(11,8(12,13)14)9(15,16)17-6-4-2-1-3-5-6/h2-5H. The van der Waals surface area contributed by atoms with Crippen molar-refractivity contribution < 1.29 is 35.5 Å². The van der Waals surface area contributed by atoms with Crippen LogP contribution in [0.2, 0.25) is 0 Å². The van der Waals surface area contributed by atoms with Gasteiger partial charge in [0, 0.05) is 0 Å². The lowest BCUT2D eigenvalue weighted by molar-refractivity contribution is -0.402. The van der Waals surface area contributed by atoms with E-state index in [1.807, 2.05) is 0 Å². The first kappa shape index (κ1) is 13.6. The van der Waals surface area contributed by atoms with Gasteiger partial charge in [-0.3, -0.25) is 0 Å². The van der Waals surface area contributed by atoms with Crippen molar-refractivity contribution in [1.82, 2.24) is 0 Å². The Labute approximate surface area is 90.8 Å². The molecule has 0 fully saturated rings. The van der Waals surface area contributed by atoms with E-state index in [1.165, 1.54) is 0 Å². The number of alkyl halides is 7. The third kappa shape index (κ3) is 2.62. The zero-order valence-corrected chi connectivity index (χ0v) is 7.86. The molecular formula is C9H4F7O. The van der Waals surface area contributed by atoms with Crippen molar-refractivity contribution in [3.8, 4) is 5.75 Å². The quantitative estimate of drug-likeness (QED) is 0.754. The molecule has 0 unspecified atom stereocenters. The molecule has 0 bridgehead atoms. The summed E-state index contributed by atoms with van der Waals surface area (Å²) in [5.41, 5.74) is 0. The van der Waals surface area contributed by atoms with Crippen LogP contribution >= 0.6 is 0 Å². The van der Waals surface area contributed by atoms with Crippen molar-refractivity contribution >= 4 is 0 Å². The maximum absolute atomic E-state index is 12.7. The van der Waals surface area contributed by atoms with E-state index in [9.17, 15) is 30.7 Å². The van der Waals surface area contributed by atoms with E-state index < -0.39 is 24.0 Å². The highest BCUT2D eigenvalue weighted by atomic mass is 19.4. The minimum Gasteiger partial charge on any atom is -0.428 e. The van der Waals surface area contributed by atoms with Gasteiger partial charge in [-0.2, -0.15) is 30.7 Å². The summed E-state index contributed by atoms with van der Waals surface area (Å²) in [6, 6.07) is 5.96. The molecule has 1 nitrogen and oxygen atoms in total. The number of hydrogen-bond donors (Lipinski definition) is 0. The van der Waals surface area contributed by atoms with Gasteiger partial charge in [0.25, 0.3) is 0 Å². The summed E-state index contributed by atoms with van der Waals surface area (Å²) in [5, 5.41) is 0. The fourth-order valence-electron chi connectivity index (χ4n) is 0.817. The molecule has 1 rings (SSSR count). The minimum absolute atomic E-state index is 0.778. The average molecular weight is 261 g/mol. The lowest BCUT2D eigenvalue weighted by Gasteiger charge is -2.27. The molecule has 1 aromatic carbocycles. The molecule has 0 aliphatic rings. The zero-order valence-electron chi connectivity index (χ0n) is 7.86. The molecule has 0 amide bonds. The molecule has 1 radical (unpaired) electrons. The molecule has 0 atom stereocenters. The van der Waals surface area contributed by atoms with Gasteiger partial charge in [0.05, 0.1) is 0 Å². The molecule has 95 valence electrons. The van der Waals surface area contributed by atoms with E-state index in [-0.39, 0.29) is 0 Å². The van der Waals surface area contributed by atoms with Gasteiger partial charge in [-0.1, -0.05) is 12.1 Å². The van der Waals surface area contributed by atoms with Gasteiger partial charge < -0.3 is 4.74 Å². The zero-order chi connectivity index (χ0) is 13.3. The summed E-state index contributed by atoms with van der Waals surface area (Å²) in [7, 11) is 0. The third-order valence-electron chi connectivity index (χ3n) is 1.66. The van der Waals surface area contributed by atoms with Gasteiger partial charge >= 0.3 is 18.2 Å². The Bertz CT molecular complexity index is 371. The maximum atomic E-state index is 12.7. The van der Waals surface area contributed by atoms with Crippen molar-refractivity contribution in [3.63, 3.8) is 0 Å². The Morgan fingerprint density at radius 3 is 1.76 bits per heavy atom. The second-order valence-electron chi connectivity index (χ2n) is 2.93. The summed E-state index contributed by atoms with van der Waals surface area (Å²) >= 11 is 0. The van der Waals surface area contributed by atoms with Crippen molar-refractivity contribution in [2.45, 2.75) is 18.2 Å². The van der Waals surface area contributed by atoms with E-state index in [1.54, 1.807) is 0 Å². The Hall–Kier alpha value is -1.47. The smallest absolute Gasteiger partial charge is 0.428 e. The fraction of sp³-hybridized carbons (Fsp3) is 0.333. The summed E-state index contributed by atoms with van der Waals surface area (Å²) in [6.07, 6.45) is -12.1. The lowest BCUT2D eigenvalue weighted by Crippen LogP contribution is -2.55. The highest BCUT2D eigenvalue weighted by molar-refractivity contribution is 5.21. The van der Waals surface area contributed by atoms with E-state index in [2.05, 4.69) is 10.8 Å². The normalized spacial score (nSPS) is 13.6. The molecule has 1 aromatic rings. The van der Waals surface area contributed by atoms with Crippen molar-refractivity contribution in [2.24, 2.45) is 0 Å². The van der Waals surface area contributed by atoms with Crippen LogP contribution in [0, 0.1) is 6.07 Å². The Morgan fingerprint density at radius 1 is 0.882 bits per heavy atom. The van der Waals surface area contributed by atoms with E-state index in [0.29, 0.717) is 0 Å². The first-order valence-corrected chi connectivity index (χ1v) is 4.05. The van der Waals surface area contributed by atoms with Gasteiger partial charge in [-0.25, -0.2) is 0 Å². The van der Waals surface area contributed by atoms with Crippen LogP contribution in [0.5, 0.6) is 5.75 Å². The highest BCUT2D eigenvalue weighted by Gasteiger charge is 2.75. The molecule has 17 heavy (non-hydrogen) atoms. The molecule has 0 aromatic heterocycles. The first-order valence-electron chi connectivity index (χ1n) is 4.05. The van der Waals surface area contributed by atoms with Gasteiger partial charge in [-0.15, -0.1) is 0 Å². The van der Waals surface area contributed by atoms with E-state index in [4.69, 9.17) is 0 Å². The highest BCUT2D eigenvalue weighted by Crippen LogP contribution is 2.47. The lowest BCUT2D eigenvalue weighted by atomic mass is 10.3. The number of halogens is 7. The molecule has 0 aliphatic heterocycles. The monoisotopic (exact) mass is 261 g/mol. The van der Waals surface area contributed by atoms with Gasteiger partial charge in [0.2, 0.25) is 0 Å². The molecule has 0 saturated heterocycles. The molecule has 0 N–H and O–H groups in total. The second-order valence-corrected chi connectivity index (χ2v) is 2.93. The number of ether oxygens (including phenoxy) is 1. The van der Waals surface area contributed by atoms with Crippen LogP contribution in [0.4, 0.5) is 30.7 Å². The van der Waals surface area contributed by atoms with E-state index in [0.717, 1.165) is 24.3 Å². The van der Waals surface area contributed by atoms with Crippen molar-refractivity contribution in [1.29, 1.82) is 0 Å². The molecule has 8 heteroatoms. The van der Waals surface area contributed by atoms with Crippen LogP contribution in [0.3, 0.4) is 0 Å². The Morgan fingerprint density at radius 2 is 1.35 bits per heavy atom. The predicted molar refractivity (Wildman–Crippen MR) is 41.9 cm³/mol. The second kappa shape index (κ2) is 4.08. The minimum atomic E-state index is -6.41. The maximum Gasteiger partial charge on any atom is 0.474 e. The summed E-state index contributed by atoms with van der Waals surface area (Å²) < 4.78 is 88.7. The molecule has 0 saturated carbocycles. The SMILES string of the molecule is FC(F)(F)C(F)(F)C(F)(F)Oc1cc[c]cc1. The van der Waals surface area contributed by atoms with Crippen LogP contribution in [0.1, 0.15) is 0 Å². The number of benzene rings is 1. The number of hydrogen-bond acceptors (Lipinski definition) is 1. The first-order chi connectivity index (χ1) is 7.58.